The molecule has 222 valence electrons. The molecule has 1 saturated heterocycles. The van der Waals surface area contributed by atoms with Gasteiger partial charge in [0.2, 0.25) is 0 Å². The highest BCUT2D eigenvalue weighted by Crippen LogP contribution is 2.29. The van der Waals surface area contributed by atoms with Crippen molar-refractivity contribution in [3.63, 3.8) is 0 Å². The second-order valence-corrected chi connectivity index (χ2v) is 11.3. The van der Waals surface area contributed by atoms with Crippen molar-refractivity contribution in [2.75, 3.05) is 0 Å². The number of cyclic esters (lactones) is 1. The Bertz CT molecular complexity index is 867. The summed E-state index contributed by atoms with van der Waals surface area (Å²) in [6.07, 6.45) is 9.78. The van der Waals surface area contributed by atoms with Crippen LogP contribution in [0.5, 0.6) is 0 Å². The lowest BCUT2D eigenvalue weighted by atomic mass is 9.81. The number of aliphatic hydroxyl groups excluding tert-OH is 3. The van der Waals surface area contributed by atoms with Gasteiger partial charge in [-0.3, -0.25) is 4.79 Å². The van der Waals surface area contributed by atoms with E-state index in [0.29, 0.717) is 19.3 Å². The smallest absolute Gasteiger partial charge is 0.404 e. The van der Waals surface area contributed by atoms with Crippen LogP contribution in [-0.2, 0) is 14.3 Å². The third-order valence-corrected chi connectivity index (χ3v) is 7.58. The molecule has 8 nitrogen and oxygen atoms in total. The summed E-state index contributed by atoms with van der Waals surface area (Å²) in [5.74, 6) is -1.22. The lowest BCUT2D eigenvalue weighted by Gasteiger charge is -2.33. The fourth-order valence-corrected chi connectivity index (χ4v) is 5.34. The van der Waals surface area contributed by atoms with E-state index in [-0.39, 0.29) is 41.7 Å². The number of rotatable bonds is 16. The molecule has 0 radical (unpaired) electrons. The van der Waals surface area contributed by atoms with E-state index in [1.54, 1.807) is 24.3 Å². The number of hydrogen-bond acceptors (Lipinski definition) is 7. The van der Waals surface area contributed by atoms with Crippen LogP contribution in [0.3, 0.4) is 0 Å². The third kappa shape index (κ3) is 12.5. The van der Waals surface area contributed by atoms with Gasteiger partial charge in [0.15, 0.2) is 0 Å². The lowest BCUT2D eigenvalue weighted by Crippen LogP contribution is -2.41. The number of ether oxygens (including phenoxy) is 2. The fourth-order valence-electron chi connectivity index (χ4n) is 5.34. The van der Waals surface area contributed by atoms with Crippen molar-refractivity contribution in [2.45, 2.75) is 104 Å². The number of esters is 1. The number of aliphatic hydroxyl groups is 3. The minimum Gasteiger partial charge on any atom is -0.462 e. The first-order valence-electron chi connectivity index (χ1n) is 14.1. The van der Waals surface area contributed by atoms with Crippen molar-refractivity contribution in [1.82, 2.24) is 0 Å². The fraction of sp³-hybridized carbons (Fsp3) is 0.677. The van der Waals surface area contributed by atoms with Crippen LogP contribution < -0.4 is 5.73 Å². The molecule has 39 heavy (non-hydrogen) atoms. The zero-order chi connectivity index (χ0) is 29.7. The largest absolute Gasteiger partial charge is 0.462 e. The number of primary amides is 1. The first-order valence-corrected chi connectivity index (χ1v) is 14.1. The van der Waals surface area contributed by atoms with Crippen molar-refractivity contribution in [3.05, 3.63) is 48.6 Å². The van der Waals surface area contributed by atoms with Gasteiger partial charge in [0, 0.05) is 36.5 Å². The Labute approximate surface area is 234 Å². The highest BCUT2D eigenvalue weighted by Gasteiger charge is 2.33. The molecule has 8 heteroatoms. The van der Waals surface area contributed by atoms with Crippen LogP contribution in [0.4, 0.5) is 4.79 Å². The molecule has 0 spiro atoms. The van der Waals surface area contributed by atoms with E-state index in [0.717, 1.165) is 18.4 Å². The van der Waals surface area contributed by atoms with Crippen molar-refractivity contribution < 1.29 is 34.4 Å². The van der Waals surface area contributed by atoms with E-state index in [9.17, 15) is 24.9 Å². The topological polar surface area (TPSA) is 139 Å². The summed E-state index contributed by atoms with van der Waals surface area (Å²) in [4.78, 5) is 22.9. The van der Waals surface area contributed by atoms with Gasteiger partial charge in [-0.2, -0.15) is 0 Å². The molecule has 0 aromatic rings. The van der Waals surface area contributed by atoms with Gasteiger partial charge in [0.05, 0.1) is 18.3 Å². The molecule has 1 aliphatic rings. The number of carbonyl (C=O) groups is 2. The zero-order valence-corrected chi connectivity index (χ0v) is 24.5. The number of amides is 1. The molecule has 1 fully saturated rings. The van der Waals surface area contributed by atoms with E-state index in [1.165, 1.54) is 0 Å². The van der Waals surface area contributed by atoms with Crippen molar-refractivity contribution in [3.8, 4) is 0 Å². The molecule has 0 aromatic carbocycles. The van der Waals surface area contributed by atoms with E-state index < -0.39 is 30.5 Å². The van der Waals surface area contributed by atoms with Gasteiger partial charge in [0.25, 0.3) is 0 Å². The van der Waals surface area contributed by atoms with Crippen LogP contribution in [0.1, 0.15) is 73.6 Å². The number of hydrogen-bond donors (Lipinski definition) is 4. The summed E-state index contributed by atoms with van der Waals surface area (Å²) in [5.41, 5.74) is 6.32. The Hall–Kier alpha value is -2.42. The minimum absolute atomic E-state index is 0.128. The Morgan fingerprint density at radius 1 is 1.08 bits per heavy atom. The molecular formula is C31H51NO7. The number of carbonyl (C=O) groups excluding carboxylic acids is 2. The molecule has 1 aliphatic heterocycles. The van der Waals surface area contributed by atoms with Gasteiger partial charge >= 0.3 is 12.1 Å². The average Bonchev–Trinajstić information content (AvgIpc) is 2.87. The Morgan fingerprint density at radius 2 is 1.74 bits per heavy atom. The predicted molar refractivity (Wildman–Crippen MR) is 153 cm³/mol. The second kappa shape index (κ2) is 17.3. The van der Waals surface area contributed by atoms with Crippen LogP contribution in [0.2, 0.25) is 0 Å². The quantitative estimate of drug-likeness (QED) is 0.123. The second-order valence-electron chi connectivity index (χ2n) is 11.3. The summed E-state index contributed by atoms with van der Waals surface area (Å²) in [6, 6.07) is 0. The SMILES string of the molecule is C=C/C=C\[C@H](C)[C@H](OC(N)=O)[C@@H](C)[C@H](O)[C@@H](C)C/C(C)=C\[C@H](C)[C@@H](O)[C@@H](C)/C=C\[C@@H](O)C[C@H]1CCCC(=O)O1. The minimum atomic E-state index is -0.877. The van der Waals surface area contributed by atoms with Crippen LogP contribution in [0, 0.1) is 29.6 Å². The van der Waals surface area contributed by atoms with Gasteiger partial charge in [-0.25, -0.2) is 4.79 Å². The summed E-state index contributed by atoms with van der Waals surface area (Å²) >= 11 is 0. The standard InChI is InChI=1S/C31H51NO7/c1-8-9-11-21(4)30(39-31(32)37)24(7)29(36)23(6)17-19(2)16-22(5)28(35)20(3)14-15-25(33)18-26-12-10-13-27(34)38-26/h8-9,11,14-16,20-26,28-30,33,35-36H,1,10,12-13,17-18H2,2-7H3,(H2,32,37)/b11-9-,15-14-,19-16-/t20-,21-,22-,23-,24-,25+,26+,28-,29+,30-/m0/s1. The molecular weight excluding hydrogens is 498 g/mol. The zero-order valence-electron chi connectivity index (χ0n) is 24.5. The van der Waals surface area contributed by atoms with Gasteiger partial charge in [0.1, 0.15) is 12.2 Å². The van der Waals surface area contributed by atoms with Crippen LogP contribution in [0.25, 0.3) is 0 Å². The van der Waals surface area contributed by atoms with Gasteiger partial charge in [-0.15, -0.1) is 0 Å². The van der Waals surface area contributed by atoms with E-state index >= 15 is 0 Å². The maximum Gasteiger partial charge on any atom is 0.404 e. The molecule has 0 aromatic heterocycles. The van der Waals surface area contributed by atoms with Crippen molar-refractivity contribution in [1.29, 1.82) is 0 Å². The molecule has 1 heterocycles. The molecule has 1 amide bonds. The first-order chi connectivity index (χ1) is 18.3. The number of allylic oxidation sites excluding steroid dienone is 3. The summed E-state index contributed by atoms with van der Waals surface area (Å²) < 4.78 is 10.6. The summed E-state index contributed by atoms with van der Waals surface area (Å²) in [5, 5.41) is 32.2. The van der Waals surface area contributed by atoms with Crippen LogP contribution >= 0.6 is 0 Å². The van der Waals surface area contributed by atoms with E-state index in [2.05, 4.69) is 6.58 Å². The van der Waals surface area contributed by atoms with E-state index in [4.69, 9.17) is 15.2 Å². The first kappa shape index (κ1) is 34.6. The van der Waals surface area contributed by atoms with Crippen LogP contribution in [-0.4, -0.2) is 57.9 Å². The van der Waals surface area contributed by atoms with Crippen LogP contribution in [0.15, 0.2) is 48.6 Å². The Balaban J connectivity index is 2.71. The monoisotopic (exact) mass is 549 g/mol. The average molecular weight is 550 g/mol. The van der Waals surface area contributed by atoms with Crippen molar-refractivity contribution in [2.24, 2.45) is 35.3 Å². The normalized spacial score (nSPS) is 23.8. The summed E-state index contributed by atoms with van der Waals surface area (Å²) in [7, 11) is 0. The third-order valence-electron chi connectivity index (χ3n) is 7.58. The molecule has 5 N–H and O–H groups in total. The Morgan fingerprint density at radius 3 is 2.33 bits per heavy atom. The van der Waals surface area contributed by atoms with Gasteiger partial charge < -0.3 is 30.5 Å². The lowest BCUT2D eigenvalue weighted by molar-refractivity contribution is -0.154. The maximum atomic E-state index is 11.5. The molecule has 10 atom stereocenters. The Kier molecular flexibility index (Phi) is 15.4. The predicted octanol–water partition coefficient (Wildman–Crippen LogP) is 4.83. The molecule has 0 aliphatic carbocycles. The van der Waals surface area contributed by atoms with Crippen molar-refractivity contribution >= 4 is 12.1 Å². The molecule has 0 bridgehead atoms. The summed E-state index contributed by atoms with van der Waals surface area (Å²) in [6.45, 7) is 15.1. The van der Waals surface area contributed by atoms with E-state index in [1.807, 2.05) is 53.7 Å². The highest BCUT2D eigenvalue weighted by atomic mass is 16.6. The molecule has 0 unspecified atom stereocenters. The highest BCUT2D eigenvalue weighted by molar-refractivity contribution is 5.70. The number of nitrogens with two attached hydrogens (primary N) is 1. The maximum absolute atomic E-state index is 11.5. The molecule has 0 saturated carbocycles. The van der Waals surface area contributed by atoms with Gasteiger partial charge in [-0.1, -0.05) is 83.2 Å². The van der Waals surface area contributed by atoms with Gasteiger partial charge in [-0.05, 0) is 32.1 Å². The molecule has 1 rings (SSSR count).